The molecule has 1 aliphatic heterocycles. The number of rotatable bonds is 4. The number of aryl methyl sites for hydroxylation is 1. The highest BCUT2D eigenvalue weighted by Crippen LogP contribution is 2.33. The second-order valence-corrected chi connectivity index (χ2v) is 9.91. The average Bonchev–Trinajstić information content (AvgIpc) is 3.51. The summed E-state index contributed by atoms with van der Waals surface area (Å²) < 4.78 is 29.2. The highest BCUT2D eigenvalue weighted by molar-refractivity contribution is 5.88. The second-order valence-electron chi connectivity index (χ2n) is 9.91. The van der Waals surface area contributed by atoms with Crippen LogP contribution in [-0.2, 0) is 24.8 Å². The largest absolute Gasteiger partial charge is 0.493 e. The lowest BCUT2D eigenvalue weighted by atomic mass is 10.0. The second kappa shape index (κ2) is 9.30. The van der Waals surface area contributed by atoms with Crippen molar-refractivity contribution < 1.29 is 18.7 Å². The van der Waals surface area contributed by atoms with Crippen molar-refractivity contribution >= 4 is 17.7 Å². The monoisotopic (exact) mass is 516 g/mol. The number of aromatic nitrogens is 4. The van der Waals surface area contributed by atoms with Crippen molar-refractivity contribution in [1.29, 1.82) is 5.26 Å². The number of halogens is 1. The van der Waals surface area contributed by atoms with Crippen LogP contribution in [0.3, 0.4) is 0 Å². The molecule has 0 spiro atoms. The van der Waals surface area contributed by atoms with Gasteiger partial charge in [-0.3, -0.25) is 9.20 Å². The van der Waals surface area contributed by atoms with Crippen molar-refractivity contribution in [1.82, 2.24) is 18.9 Å². The molecule has 4 heterocycles. The Kier molecular flexibility index (Phi) is 6.11. The molecule has 0 bridgehead atoms. The molecule has 1 aliphatic rings. The van der Waals surface area contributed by atoms with Gasteiger partial charge in [0.25, 0.3) is 5.56 Å². The lowest BCUT2D eigenvalue weighted by Gasteiger charge is -2.28. The van der Waals surface area contributed by atoms with Gasteiger partial charge in [0.05, 0.1) is 24.9 Å². The van der Waals surface area contributed by atoms with E-state index >= 15 is 4.39 Å². The number of amides is 1. The zero-order valence-corrected chi connectivity index (χ0v) is 21.4. The summed E-state index contributed by atoms with van der Waals surface area (Å²) in [6.07, 6.45) is 4.19. The molecule has 0 radical (unpaired) electrons. The maximum absolute atomic E-state index is 15.1. The van der Waals surface area contributed by atoms with Gasteiger partial charge in [-0.25, -0.2) is 24.1 Å². The van der Waals surface area contributed by atoms with Crippen LogP contribution in [0.1, 0.15) is 37.6 Å². The van der Waals surface area contributed by atoms with E-state index in [2.05, 4.69) is 9.97 Å². The zero-order valence-electron chi connectivity index (χ0n) is 21.4. The van der Waals surface area contributed by atoms with Gasteiger partial charge in [0, 0.05) is 42.6 Å². The molecule has 1 amide bonds. The molecule has 0 unspecified atom stereocenters. The highest BCUT2D eigenvalue weighted by Gasteiger charge is 2.31. The third kappa shape index (κ3) is 4.45. The van der Waals surface area contributed by atoms with Crippen LogP contribution >= 0.6 is 0 Å². The number of benzene rings is 1. The van der Waals surface area contributed by atoms with E-state index in [1.54, 1.807) is 52.2 Å². The summed E-state index contributed by atoms with van der Waals surface area (Å²) in [6, 6.07) is 8.21. The number of hydrogen-bond acceptors (Lipinski definition) is 7. The number of anilines is 1. The average molecular weight is 517 g/mol. The van der Waals surface area contributed by atoms with Crippen LogP contribution in [0.15, 0.2) is 47.7 Å². The fraction of sp³-hybridized carbons (Fsp3) is 0.296. The molecule has 0 fully saturated rings. The van der Waals surface area contributed by atoms with Gasteiger partial charge in [-0.05, 0) is 45.0 Å². The van der Waals surface area contributed by atoms with Crippen molar-refractivity contribution in [3.8, 4) is 22.9 Å². The SMILES string of the molecule is Cn1cccc(-c2cnc(N(Cc3c(F)ccc4c3CCO4)C(=O)OC(C)(C)C)n3cc(C#N)nc23)c1=O. The third-order valence-corrected chi connectivity index (χ3v) is 6.11. The van der Waals surface area contributed by atoms with Gasteiger partial charge in [-0.1, -0.05) is 0 Å². The molecule has 0 saturated heterocycles. The van der Waals surface area contributed by atoms with E-state index in [1.807, 2.05) is 6.07 Å². The first-order chi connectivity index (χ1) is 18.1. The first-order valence-electron chi connectivity index (χ1n) is 11.9. The Bertz CT molecular complexity index is 1680. The molecule has 0 saturated carbocycles. The number of carbonyl (C=O) groups is 1. The van der Waals surface area contributed by atoms with Crippen LogP contribution in [0.2, 0.25) is 0 Å². The fourth-order valence-corrected chi connectivity index (χ4v) is 4.39. The molecule has 0 atom stereocenters. The molecular weight excluding hydrogens is 491 g/mol. The quantitative estimate of drug-likeness (QED) is 0.403. The molecule has 1 aromatic carbocycles. The lowest BCUT2D eigenvalue weighted by Crippen LogP contribution is -2.38. The summed E-state index contributed by atoms with van der Waals surface area (Å²) in [5.41, 5.74) is 0.810. The number of pyridine rings is 1. The van der Waals surface area contributed by atoms with Gasteiger partial charge in [-0.15, -0.1) is 0 Å². The molecule has 0 aliphatic carbocycles. The van der Waals surface area contributed by atoms with Crippen LogP contribution in [0.25, 0.3) is 16.8 Å². The molecular formula is C27H25FN6O4. The van der Waals surface area contributed by atoms with E-state index in [0.29, 0.717) is 35.5 Å². The summed E-state index contributed by atoms with van der Waals surface area (Å²) >= 11 is 0. The minimum absolute atomic E-state index is 0.0515. The first kappa shape index (κ1) is 25.0. The van der Waals surface area contributed by atoms with E-state index in [4.69, 9.17) is 9.47 Å². The number of carbonyl (C=O) groups excluding carboxylic acids is 1. The van der Waals surface area contributed by atoms with Crippen LogP contribution in [0.5, 0.6) is 5.75 Å². The molecule has 5 rings (SSSR count). The molecule has 194 valence electrons. The highest BCUT2D eigenvalue weighted by atomic mass is 19.1. The zero-order chi connectivity index (χ0) is 27.2. The van der Waals surface area contributed by atoms with Gasteiger partial charge in [0.2, 0.25) is 5.95 Å². The van der Waals surface area contributed by atoms with Crippen LogP contribution in [0.4, 0.5) is 15.1 Å². The Morgan fingerprint density at radius 3 is 2.82 bits per heavy atom. The summed E-state index contributed by atoms with van der Waals surface area (Å²) in [4.78, 5) is 36.4. The molecule has 4 aromatic rings. The smallest absolute Gasteiger partial charge is 0.417 e. The van der Waals surface area contributed by atoms with E-state index in [9.17, 15) is 14.9 Å². The predicted molar refractivity (Wildman–Crippen MR) is 136 cm³/mol. The minimum atomic E-state index is -0.850. The Balaban J connectivity index is 1.71. The standard InChI is InChI=1S/C27H25FN6O4/c1-27(2,3)38-26(36)34(15-20-17-9-11-37-22(17)8-7-21(20)28)25-30-13-19(18-6-5-10-32(4)24(18)35)23-31-16(12-29)14-33(23)25/h5-8,10,13-14H,9,11,15H2,1-4H3. The van der Waals surface area contributed by atoms with Gasteiger partial charge < -0.3 is 14.0 Å². The number of imidazole rings is 1. The van der Waals surface area contributed by atoms with Crippen molar-refractivity contribution in [2.24, 2.45) is 7.05 Å². The Morgan fingerprint density at radius 1 is 1.29 bits per heavy atom. The summed E-state index contributed by atoms with van der Waals surface area (Å²) in [7, 11) is 1.62. The molecule has 10 nitrogen and oxygen atoms in total. The van der Waals surface area contributed by atoms with E-state index < -0.39 is 17.5 Å². The maximum Gasteiger partial charge on any atom is 0.417 e. The van der Waals surface area contributed by atoms with Crippen molar-refractivity contribution in [2.45, 2.75) is 39.3 Å². The summed E-state index contributed by atoms with van der Waals surface area (Å²) in [5.74, 6) is 0.121. The first-order valence-corrected chi connectivity index (χ1v) is 11.9. The number of ether oxygens (including phenoxy) is 2. The van der Waals surface area contributed by atoms with E-state index in [-0.39, 0.29) is 35.0 Å². The van der Waals surface area contributed by atoms with Gasteiger partial charge in [-0.2, -0.15) is 5.26 Å². The normalized spacial score (nSPS) is 12.6. The van der Waals surface area contributed by atoms with Gasteiger partial charge in [0.1, 0.15) is 23.2 Å². The van der Waals surface area contributed by atoms with Gasteiger partial charge in [0.15, 0.2) is 11.3 Å². The molecule has 3 aromatic heterocycles. The molecule has 38 heavy (non-hydrogen) atoms. The molecule has 11 heteroatoms. The van der Waals surface area contributed by atoms with Crippen molar-refractivity contribution in [3.63, 3.8) is 0 Å². The number of hydrogen-bond donors (Lipinski definition) is 0. The predicted octanol–water partition coefficient (Wildman–Crippen LogP) is 3.98. The minimum Gasteiger partial charge on any atom is -0.493 e. The van der Waals surface area contributed by atoms with Crippen molar-refractivity contribution in [2.75, 3.05) is 11.5 Å². The summed E-state index contributed by atoms with van der Waals surface area (Å²) in [5, 5.41) is 9.59. The maximum atomic E-state index is 15.1. The number of nitriles is 1. The van der Waals surface area contributed by atoms with E-state index in [1.165, 1.54) is 32.3 Å². The van der Waals surface area contributed by atoms with Gasteiger partial charge >= 0.3 is 6.09 Å². The van der Waals surface area contributed by atoms with Crippen LogP contribution < -0.4 is 15.2 Å². The van der Waals surface area contributed by atoms with Crippen LogP contribution in [0, 0.1) is 17.1 Å². The Hall–Kier alpha value is -4.72. The van der Waals surface area contributed by atoms with Crippen molar-refractivity contribution in [3.05, 3.63) is 75.8 Å². The van der Waals surface area contributed by atoms with E-state index in [0.717, 1.165) is 0 Å². The Labute approximate surface area is 217 Å². The molecule has 0 N–H and O–H groups in total. The topological polar surface area (TPSA) is 115 Å². The fourth-order valence-electron chi connectivity index (χ4n) is 4.39. The number of nitrogens with zero attached hydrogens (tertiary/aromatic N) is 6. The third-order valence-electron chi connectivity index (χ3n) is 6.11. The Morgan fingerprint density at radius 2 is 2.08 bits per heavy atom. The summed E-state index contributed by atoms with van der Waals surface area (Å²) in [6.45, 7) is 5.37. The lowest BCUT2D eigenvalue weighted by molar-refractivity contribution is 0.0574. The van der Waals surface area contributed by atoms with Crippen LogP contribution in [-0.4, -0.2) is 37.2 Å². The number of fused-ring (bicyclic) bond motifs is 2.